The van der Waals surface area contributed by atoms with Crippen LogP contribution in [-0.2, 0) is 16.2 Å². The lowest BCUT2D eigenvalue weighted by atomic mass is 10.1. The highest BCUT2D eigenvalue weighted by Gasteiger charge is 2.37. The Hall–Kier alpha value is -3.61. The normalized spacial score (nSPS) is 15.1. The number of nitrogens with one attached hydrogen (secondary N) is 1. The van der Waals surface area contributed by atoms with Gasteiger partial charge in [0.05, 0.1) is 5.69 Å². The molecule has 1 aliphatic rings. The molecule has 1 aliphatic heterocycles. The van der Waals surface area contributed by atoms with E-state index in [9.17, 15) is 14.4 Å². The molecule has 166 valence electrons. The summed E-state index contributed by atoms with van der Waals surface area (Å²) in [5, 5.41) is 3.16. The van der Waals surface area contributed by atoms with Crippen LogP contribution in [-0.4, -0.2) is 17.8 Å². The molecule has 8 heteroatoms. The molecule has 0 radical (unpaired) electrons. The molecule has 0 aromatic heterocycles. The first-order valence-electron chi connectivity index (χ1n) is 9.97. The van der Waals surface area contributed by atoms with Gasteiger partial charge in [0.25, 0.3) is 11.8 Å². The summed E-state index contributed by atoms with van der Waals surface area (Å²) in [5.74, 6) is -1.15. The average Bonchev–Trinajstić information content (AvgIpc) is 2.77. The van der Waals surface area contributed by atoms with Crippen LogP contribution in [0.5, 0.6) is 5.75 Å². The Morgan fingerprint density at radius 2 is 1.76 bits per heavy atom. The lowest BCUT2D eigenvalue weighted by Crippen LogP contribution is -2.54. The molecule has 1 fully saturated rings. The molecule has 1 heterocycles. The largest absolute Gasteiger partial charge is 0.488 e. The van der Waals surface area contributed by atoms with E-state index in [1.807, 2.05) is 31.2 Å². The molecular formula is C25H18Cl2N2O4. The number of hydrogen-bond donors (Lipinski definition) is 1. The van der Waals surface area contributed by atoms with Crippen molar-refractivity contribution >= 4 is 52.8 Å². The first-order valence-corrected chi connectivity index (χ1v) is 10.7. The maximum Gasteiger partial charge on any atom is 0.335 e. The van der Waals surface area contributed by atoms with Gasteiger partial charge in [-0.05, 0) is 55.0 Å². The van der Waals surface area contributed by atoms with Crippen LogP contribution < -0.4 is 15.0 Å². The summed E-state index contributed by atoms with van der Waals surface area (Å²) in [6.45, 7) is 2.01. The minimum absolute atomic E-state index is 0.172. The molecule has 1 N–H and O–H groups in total. The van der Waals surface area contributed by atoms with Crippen LogP contribution in [0.4, 0.5) is 10.5 Å². The molecule has 3 aromatic rings. The molecule has 0 bridgehead atoms. The van der Waals surface area contributed by atoms with Crippen LogP contribution in [0, 0.1) is 6.92 Å². The summed E-state index contributed by atoms with van der Waals surface area (Å²) >= 11 is 12.4. The van der Waals surface area contributed by atoms with Gasteiger partial charge in [-0.3, -0.25) is 14.9 Å². The number of ether oxygens (including phenoxy) is 1. The molecule has 0 atom stereocenters. The lowest BCUT2D eigenvalue weighted by molar-refractivity contribution is -0.122. The van der Waals surface area contributed by atoms with E-state index in [0.29, 0.717) is 27.0 Å². The molecular weight excluding hydrogens is 463 g/mol. The fourth-order valence-corrected chi connectivity index (χ4v) is 3.72. The Labute approximate surface area is 200 Å². The number of benzene rings is 3. The number of carbonyl (C=O) groups is 3. The number of hydrogen-bond acceptors (Lipinski definition) is 4. The number of barbiturate groups is 1. The van der Waals surface area contributed by atoms with Gasteiger partial charge in [-0.15, -0.1) is 0 Å². The number of aryl methyl sites for hydroxylation is 1. The number of halogens is 2. The number of imide groups is 2. The van der Waals surface area contributed by atoms with E-state index < -0.39 is 17.8 Å². The Kier molecular flexibility index (Phi) is 6.49. The molecule has 0 aliphatic carbocycles. The van der Waals surface area contributed by atoms with Crippen molar-refractivity contribution in [3.63, 3.8) is 0 Å². The number of anilines is 1. The van der Waals surface area contributed by atoms with Crippen molar-refractivity contribution in [2.45, 2.75) is 13.5 Å². The third-order valence-electron chi connectivity index (χ3n) is 4.97. The molecule has 0 unspecified atom stereocenters. The molecule has 6 nitrogen and oxygen atoms in total. The van der Waals surface area contributed by atoms with Gasteiger partial charge in [0, 0.05) is 21.2 Å². The van der Waals surface area contributed by atoms with Gasteiger partial charge in [-0.1, -0.05) is 53.5 Å². The van der Waals surface area contributed by atoms with Crippen molar-refractivity contribution in [3.8, 4) is 5.75 Å². The van der Waals surface area contributed by atoms with Crippen LogP contribution in [0.2, 0.25) is 10.0 Å². The summed E-state index contributed by atoms with van der Waals surface area (Å²) in [6.07, 6.45) is 1.36. The van der Waals surface area contributed by atoms with Gasteiger partial charge in [0.1, 0.15) is 17.9 Å². The predicted molar refractivity (Wildman–Crippen MR) is 127 cm³/mol. The monoisotopic (exact) mass is 480 g/mol. The van der Waals surface area contributed by atoms with E-state index in [0.717, 1.165) is 16.0 Å². The minimum Gasteiger partial charge on any atom is -0.488 e. The molecule has 4 rings (SSSR count). The van der Waals surface area contributed by atoms with Crippen LogP contribution in [0.3, 0.4) is 0 Å². The van der Waals surface area contributed by atoms with E-state index in [4.69, 9.17) is 27.9 Å². The first-order chi connectivity index (χ1) is 15.8. The Bertz CT molecular complexity index is 1300. The van der Waals surface area contributed by atoms with E-state index in [1.165, 1.54) is 6.08 Å². The third-order valence-corrected chi connectivity index (χ3v) is 5.58. The standard InChI is InChI=1S/C25H18Cl2N2O4/c1-15-5-4-7-19(11-15)29-24(31)20(23(30)28-25(29)32)13-17-12-18(26)9-10-22(17)33-14-16-6-2-3-8-21(16)27/h2-13H,14H2,1H3,(H,28,30,32)/b20-13+. The molecule has 0 saturated carbocycles. The fraction of sp³-hybridized carbons (Fsp3) is 0.0800. The van der Waals surface area contributed by atoms with Crippen LogP contribution in [0.15, 0.2) is 72.3 Å². The summed E-state index contributed by atoms with van der Waals surface area (Å²) < 4.78 is 5.91. The Balaban J connectivity index is 1.69. The zero-order valence-corrected chi connectivity index (χ0v) is 19.0. The topological polar surface area (TPSA) is 75.7 Å². The maximum absolute atomic E-state index is 13.2. The van der Waals surface area contributed by atoms with Gasteiger partial charge >= 0.3 is 6.03 Å². The van der Waals surface area contributed by atoms with Crippen molar-refractivity contribution in [2.75, 3.05) is 4.90 Å². The fourth-order valence-electron chi connectivity index (χ4n) is 3.35. The Morgan fingerprint density at radius 3 is 2.52 bits per heavy atom. The highest BCUT2D eigenvalue weighted by molar-refractivity contribution is 6.39. The maximum atomic E-state index is 13.2. The number of nitrogens with zero attached hydrogens (tertiary/aromatic N) is 1. The van der Waals surface area contributed by atoms with E-state index >= 15 is 0 Å². The number of urea groups is 1. The highest BCUT2D eigenvalue weighted by atomic mass is 35.5. The quantitative estimate of drug-likeness (QED) is 0.383. The molecule has 0 spiro atoms. The second kappa shape index (κ2) is 9.48. The molecule has 3 aromatic carbocycles. The third kappa shape index (κ3) is 4.92. The van der Waals surface area contributed by atoms with Crippen LogP contribution in [0.1, 0.15) is 16.7 Å². The summed E-state index contributed by atoms with van der Waals surface area (Å²) in [7, 11) is 0. The van der Waals surface area contributed by atoms with Crippen molar-refractivity contribution in [2.24, 2.45) is 0 Å². The molecule has 1 saturated heterocycles. The van der Waals surface area contributed by atoms with E-state index in [1.54, 1.807) is 42.5 Å². The molecule has 4 amide bonds. The van der Waals surface area contributed by atoms with Gasteiger partial charge in [0.2, 0.25) is 0 Å². The van der Waals surface area contributed by atoms with Gasteiger partial charge in [0.15, 0.2) is 0 Å². The van der Waals surface area contributed by atoms with E-state index in [-0.39, 0.29) is 12.2 Å². The van der Waals surface area contributed by atoms with Crippen molar-refractivity contribution < 1.29 is 19.1 Å². The number of rotatable bonds is 5. The van der Waals surface area contributed by atoms with E-state index in [2.05, 4.69) is 5.32 Å². The van der Waals surface area contributed by atoms with Gasteiger partial charge < -0.3 is 4.74 Å². The lowest BCUT2D eigenvalue weighted by Gasteiger charge is -2.26. The minimum atomic E-state index is -0.811. The van der Waals surface area contributed by atoms with Gasteiger partial charge in [-0.2, -0.15) is 0 Å². The molecule has 33 heavy (non-hydrogen) atoms. The van der Waals surface area contributed by atoms with Crippen molar-refractivity contribution in [3.05, 3.63) is 99.0 Å². The van der Waals surface area contributed by atoms with Crippen molar-refractivity contribution in [1.29, 1.82) is 0 Å². The van der Waals surface area contributed by atoms with Crippen molar-refractivity contribution in [1.82, 2.24) is 5.32 Å². The zero-order valence-electron chi connectivity index (χ0n) is 17.5. The first kappa shape index (κ1) is 22.6. The summed E-state index contributed by atoms with van der Waals surface area (Å²) in [4.78, 5) is 39.1. The second-order valence-electron chi connectivity index (χ2n) is 7.36. The summed E-state index contributed by atoms with van der Waals surface area (Å²) in [6, 6.07) is 18.2. The second-order valence-corrected chi connectivity index (χ2v) is 8.20. The SMILES string of the molecule is Cc1cccc(N2C(=O)NC(=O)/C(=C\c3cc(Cl)ccc3OCc3ccccc3Cl)C2=O)c1. The van der Waals surface area contributed by atoms with Crippen LogP contribution in [0.25, 0.3) is 6.08 Å². The van der Waals surface area contributed by atoms with Gasteiger partial charge in [-0.25, -0.2) is 9.69 Å². The average molecular weight is 481 g/mol. The highest BCUT2D eigenvalue weighted by Crippen LogP contribution is 2.29. The Morgan fingerprint density at radius 1 is 0.970 bits per heavy atom. The number of amides is 4. The summed E-state index contributed by atoms with van der Waals surface area (Å²) in [5.41, 5.74) is 2.18. The predicted octanol–water partition coefficient (Wildman–Crippen LogP) is 5.55. The van der Waals surface area contributed by atoms with Crippen LogP contribution >= 0.6 is 23.2 Å². The number of carbonyl (C=O) groups excluding carboxylic acids is 3. The zero-order chi connectivity index (χ0) is 23.5. The smallest absolute Gasteiger partial charge is 0.335 e.